The van der Waals surface area contributed by atoms with Gasteiger partial charge in [-0.05, 0) is 43.0 Å². The molecule has 0 saturated carbocycles. The molecule has 0 bridgehead atoms. The van der Waals surface area contributed by atoms with Crippen LogP contribution in [0.15, 0.2) is 24.3 Å². The number of fused-ring (bicyclic) bond motifs is 1. The lowest BCUT2D eigenvalue weighted by Crippen LogP contribution is -2.46. The van der Waals surface area contributed by atoms with Crippen molar-refractivity contribution in [3.8, 4) is 0 Å². The average molecular weight is 431 g/mol. The third-order valence-electron chi connectivity index (χ3n) is 5.57. The number of thioether (sulfide) groups is 1. The largest absolute Gasteiger partial charge is 0.368 e. The normalized spacial score (nSPS) is 16.8. The molecule has 2 heterocycles. The Balaban J connectivity index is 1.72. The van der Waals surface area contributed by atoms with Crippen molar-refractivity contribution in [2.45, 2.75) is 32.9 Å². The van der Waals surface area contributed by atoms with Crippen molar-refractivity contribution in [3.05, 3.63) is 30.1 Å². The Kier molecular flexibility index (Phi) is 8.30. The van der Waals surface area contributed by atoms with E-state index in [0.717, 1.165) is 42.9 Å². The molecule has 8 heteroatoms. The summed E-state index contributed by atoms with van der Waals surface area (Å²) in [6, 6.07) is 7.43. The van der Waals surface area contributed by atoms with Crippen LogP contribution in [-0.4, -0.2) is 76.4 Å². The van der Waals surface area contributed by atoms with E-state index in [1.54, 1.807) is 0 Å². The standard InChI is InChI=1S/C22H34N6OS/c1-16(2)20(21(23)29)26-22-17-7-4-5-8-18(17)24-19(25-22)15-28-12-10-27(11-13-28)9-6-14-30-3/h4-5,7-8,16,20H,6,9-15H2,1-3H3,(H2,23,29)(H,24,25,26)/t20-/m0/s1. The number of carbonyl (C=O) groups excluding carboxylic acids is 1. The van der Waals surface area contributed by atoms with Crippen LogP contribution in [0.4, 0.5) is 5.82 Å². The molecule has 0 spiro atoms. The van der Waals surface area contributed by atoms with Crippen molar-refractivity contribution in [1.82, 2.24) is 19.8 Å². The van der Waals surface area contributed by atoms with Crippen LogP contribution in [0.5, 0.6) is 0 Å². The van der Waals surface area contributed by atoms with Crippen molar-refractivity contribution in [3.63, 3.8) is 0 Å². The van der Waals surface area contributed by atoms with E-state index in [1.165, 1.54) is 18.7 Å². The summed E-state index contributed by atoms with van der Waals surface area (Å²) >= 11 is 1.91. The van der Waals surface area contributed by atoms with Crippen molar-refractivity contribution in [2.24, 2.45) is 11.7 Å². The highest BCUT2D eigenvalue weighted by molar-refractivity contribution is 7.98. The Morgan fingerprint density at radius 2 is 1.87 bits per heavy atom. The molecular formula is C22H34N6OS. The first kappa shape index (κ1) is 22.8. The van der Waals surface area contributed by atoms with Crippen LogP contribution in [-0.2, 0) is 11.3 Å². The molecular weight excluding hydrogens is 396 g/mol. The number of hydrogen-bond acceptors (Lipinski definition) is 7. The summed E-state index contributed by atoms with van der Waals surface area (Å²) in [5, 5.41) is 4.19. The maximum Gasteiger partial charge on any atom is 0.240 e. The fraction of sp³-hybridized carbons (Fsp3) is 0.591. The van der Waals surface area contributed by atoms with Gasteiger partial charge in [-0.1, -0.05) is 26.0 Å². The van der Waals surface area contributed by atoms with Gasteiger partial charge in [0.15, 0.2) is 0 Å². The lowest BCUT2D eigenvalue weighted by molar-refractivity contribution is -0.119. The molecule has 2 aromatic rings. The van der Waals surface area contributed by atoms with Gasteiger partial charge in [0, 0.05) is 31.6 Å². The smallest absolute Gasteiger partial charge is 0.240 e. The molecule has 1 saturated heterocycles. The molecule has 1 atom stereocenters. The molecule has 0 radical (unpaired) electrons. The predicted octanol–water partition coefficient (Wildman–Crippen LogP) is 2.42. The second kappa shape index (κ2) is 10.9. The van der Waals surface area contributed by atoms with Gasteiger partial charge in [-0.25, -0.2) is 9.97 Å². The zero-order chi connectivity index (χ0) is 21.5. The van der Waals surface area contributed by atoms with E-state index in [4.69, 9.17) is 15.7 Å². The fourth-order valence-corrected chi connectivity index (χ4v) is 4.24. The van der Waals surface area contributed by atoms with E-state index in [2.05, 4.69) is 21.4 Å². The molecule has 30 heavy (non-hydrogen) atoms. The van der Waals surface area contributed by atoms with Gasteiger partial charge in [-0.15, -0.1) is 0 Å². The van der Waals surface area contributed by atoms with Gasteiger partial charge in [0.2, 0.25) is 5.91 Å². The van der Waals surface area contributed by atoms with E-state index in [9.17, 15) is 4.79 Å². The number of piperazine rings is 1. The summed E-state index contributed by atoms with van der Waals surface area (Å²) in [6.07, 6.45) is 3.41. The van der Waals surface area contributed by atoms with E-state index in [0.29, 0.717) is 12.4 Å². The van der Waals surface area contributed by atoms with Gasteiger partial charge < -0.3 is 16.0 Å². The van der Waals surface area contributed by atoms with Crippen molar-refractivity contribution in [2.75, 3.05) is 50.0 Å². The van der Waals surface area contributed by atoms with Crippen molar-refractivity contribution >= 4 is 34.4 Å². The number of amides is 1. The Labute approximate surface area is 183 Å². The first-order chi connectivity index (χ1) is 14.5. The lowest BCUT2D eigenvalue weighted by atomic mass is 10.0. The molecule has 0 unspecified atom stereocenters. The van der Waals surface area contributed by atoms with Gasteiger partial charge in [0.25, 0.3) is 0 Å². The van der Waals surface area contributed by atoms with Crippen LogP contribution < -0.4 is 11.1 Å². The van der Waals surface area contributed by atoms with Crippen LogP contribution in [0, 0.1) is 5.92 Å². The highest BCUT2D eigenvalue weighted by Gasteiger charge is 2.22. The Hall–Kier alpha value is -1.90. The van der Waals surface area contributed by atoms with Crippen LogP contribution in [0.2, 0.25) is 0 Å². The number of para-hydroxylation sites is 1. The number of rotatable bonds is 10. The minimum Gasteiger partial charge on any atom is -0.368 e. The van der Waals surface area contributed by atoms with Crippen LogP contribution in [0.1, 0.15) is 26.1 Å². The minimum absolute atomic E-state index is 0.0684. The maximum atomic E-state index is 11.9. The van der Waals surface area contributed by atoms with Gasteiger partial charge in [-0.2, -0.15) is 11.8 Å². The third-order valence-corrected chi connectivity index (χ3v) is 6.26. The number of hydrogen-bond donors (Lipinski definition) is 2. The first-order valence-electron chi connectivity index (χ1n) is 10.7. The predicted molar refractivity (Wildman–Crippen MR) is 126 cm³/mol. The molecule has 7 nitrogen and oxygen atoms in total. The molecule has 3 N–H and O–H groups in total. The van der Waals surface area contributed by atoms with Gasteiger partial charge in [0.1, 0.15) is 17.7 Å². The third kappa shape index (κ3) is 6.06. The van der Waals surface area contributed by atoms with Crippen LogP contribution >= 0.6 is 11.8 Å². The number of benzene rings is 1. The Morgan fingerprint density at radius 3 is 2.53 bits per heavy atom. The maximum absolute atomic E-state index is 11.9. The quantitative estimate of drug-likeness (QED) is 0.560. The fourth-order valence-electron chi connectivity index (χ4n) is 3.82. The molecule has 1 aromatic carbocycles. The first-order valence-corrected chi connectivity index (χ1v) is 12.1. The summed E-state index contributed by atoms with van der Waals surface area (Å²) < 4.78 is 0. The summed E-state index contributed by atoms with van der Waals surface area (Å²) in [6.45, 7) is 10.1. The SMILES string of the molecule is CSCCCN1CCN(Cc2nc(N[C@H](C(N)=O)C(C)C)c3ccccc3n2)CC1. The Morgan fingerprint density at radius 1 is 1.17 bits per heavy atom. The lowest BCUT2D eigenvalue weighted by Gasteiger charge is -2.34. The molecule has 3 rings (SSSR count). The molecule has 0 aliphatic carbocycles. The van der Waals surface area contributed by atoms with E-state index in [1.807, 2.05) is 49.9 Å². The second-order valence-electron chi connectivity index (χ2n) is 8.24. The van der Waals surface area contributed by atoms with Crippen LogP contribution in [0.3, 0.4) is 0 Å². The van der Waals surface area contributed by atoms with Crippen LogP contribution in [0.25, 0.3) is 10.9 Å². The molecule has 1 aliphatic heterocycles. The minimum atomic E-state index is -0.471. The number of anilines is 1. The average Bonchev–Trinajstić information content (AvgIpc) is 2.73. The number of nitrogens with two attached hydrogens (primary N) is 1. The highest BCUT2D eigenvalue weighted by atomic mass is 32.2. The number of carbonyl (C=O) groups is 1. The number of nitrogens with zero attached hydrogens (tertiary/aromatic N) is 4. The Bertz CT molecular complexity index is 837. The second-order valence-corrected chi connectivity index (χ2v) is 9.22. The number of aromatic nitrogens is 2. The van der Waals surface area contributed by atoms with Gasteiger partial charge >= 0.3 is 0 Å². The summed E-state index contributed by atoms with van der Waals surface area (Å²) in [5.41, 5.74) is 6.50. The molecule has 1 amide bonds. The molecule has 1 fully saturated rings. The van der Waals surface area contributed by atoms with E-state index < -0.39 is 6.04 Å². The van der Waals surface area contributed by atoms with Crippen molar-refractivity contribution < 1.29 is 4.79 Å². The summed E-state index contributed by atoms with van der Waals surface area (Å²) in [4.78, 5) is 26.4. The number of primary amides is 1. The van der Waals surface area contributed by atoms with Gasteiger partial charge in [-0.3, -0.25) is 9.69 Å². The zero-order valence-corrected chi connectivity index (χ0v) is 19.1. The van der Waals surface area contributed by atoms with Crippen molar-refractivity contribution in [1.29, 1.82) is 0 Å². The summed E-state index contributed by atoms with van der Waals surface area (Å²) in [7, 11) is 0. The molecule has 164 valence electrons. The highest BCUT2D eigenvalue weighted by Crippen LogP contribution is 2.23. The number of nitrogens with one attached hydrogen (secondary N) is 1. The van der Waals surface area contributed by atoms with E-state index in [-0.39, 0.29) is 11.8 Å². The zero-order valence-electron chi connectivity index (χ0n) is 18.3. The van der Waals surface area contributed by atoms with Gasteiger partial charge in [0.05, 0.1) is 12.1 Å². The monoisotopic (exact) mass is 430 g/mol. The summed E-state index contributed by atoms with van der Waals surface area (Å²) in [5.74, 6) is 2.39. The molecule has 1 aromatic heterocycles. The van der Waals surface area contributed by atoms with E-state index >= 15 is 0 Å². The topological polar surface area (TPSA) is 87.4 Å². The molecule has 1 aliphatic rings.